The van der Waals surface area contributed by atoms with Crippen molar-refractivity contribution in [3.63, 3.8) is 0 Å². The number of hydrogen-bond acceptors (Lipinski definition) is 4. The Hall–Kier alpha value is -1.64. The second-order valence-electron chi connectivity index (χ2n) is 4.46. The molecule has 106 valence electrons. The van der Waals surface area contributed by atoms with Crippen LogP contribution in [0, 0.1) is 0 Å². The monoisotopic (exact) mass is 277 g/mol. The number of carbonyl (C=O) groups excluding carboxylic acids is 1. The first kappa shape index (κ1) is 13.8. The van der Waals surface area contributed by atoms with Gasteiger partial charge in [0.1, 0.15) is 0 Å². The van der Waals surface area contributed by atoms with Crippen LogP contribution in [0.25, 0.3) is 0 Å². The fraction of sp³-hybridized carbons (Fsp3) is 0.700. The summed E-state index contributed by atoms with van der Waals surface area (Å²) >= 11 is 0. The normalized spacial score (nSPS) is 17.8. The van der Waals surface area contributed by atoms with E-state index >= 15 is 0 Å². The van der Waals surface area contributed by atoms with E-state index in [1.165, 1.54) is 20.7 Å². The SMILES string of the molecule is Cn1cc(C(=O)N2CCN(CC(F)(F)F)CC2)nn1. The number of piperazine rings is 1. The van der Waals surface area contributed by atoms with Crippen molar-refractivity contribution in [3.05, 3.63) is 11.9 Å². The van der Waals surface area contributed by atoms with Crippen LogP contribution in [0.3, 0.4) is 0 Å². The summed E-state index contributed by atoms with van der Waals surface area (Å²) in [5.74, 6) is -0.292. The highest BCUT2D eigenvalue weighted by atomic mass is 19.4. The molecule has 0 atom stereocenters. The van der Waals surface area contributed by atoms with Crippen LogP contribution in [0.15, 0.2) is 6.20 Å². The smallest absolute Gasteiger partial charge is 0.335 e. The largest absolute Gasteiger partial charge is 0.401 e. The third kappa shape index (κ3) is 3.66. The second-order valence-corrected chi connectivity index (χ2v) is 4.46. The summed E-state index contributed by atoms with van der Waals surface area (Å²) in [5, 5.41) is 7.35. The van der Waals surface area contributed by atoms with Crippen molar-refractivity contribution in [2.45, 2.75) is 6.18 Å². The van der Waals surface area contributed by atoms with Crippen molar-refractivity contribution in [1.29, 1.82) is 0 Å². The minimum atomic E-state index is -4.20. The first-order chi connectivity index (χ1) is 8.85. The van der Waals surface area contributed by atoms with E-state index in [4.69, 9.17) is 0 Å². The highest BCUT2D eigenvalue weighted by Crippen LogP contribution is 2.17. The molecule has 0 radical (unpaired) electrons. The molecule has 0 aromatic carbocycles. The molecule has 0 spiro atoms. The summed E-state index contributed by atoms with van der Waals surface area (Å²) < 4.78 is 38.1. The Bertz CT molecular complexity index is 450. The van der Waals surface area contributed by atoms with E-state index in [-0.39, 0.29) is 37.8 Å². The summed E-state index contributed by atoms with van der Waals surface area (Å²) in [4.78, 5) is 14.8. The molecule has 1 aromatic heterocycles. The van der Waals surface area contributed by atoms with Gasteiger partial charge in [-0.1, -0.05) is 5.21 Å². The molecule has 1 fully saturated rings. The van der Waals surface area contributed by atoms with Crippen LogP contribution in [0.1, 0.15) is 10.5 Å². The van der Waals surface area contributed by atoms with Gasteiger partial charge in [0.2, 0.25) is 0 Å². The Morgan fingerprint density at radius 3 is 2.42 bits per heavy atom. The van der Waals surface area contributed by atoms with E-state index in [1.54, 1.807) is 7.05 Å². The van der Waals surface area contributed by atoms with E-state index in [1.807, 2.05) is 0 Å². The summed E-state index contributed by atoms with van der Waals surface area (Å²) in [6.45, 7) is 0.0359. The Labute approximate surface area is 107 Å². The van der Waals surface area contributed by atoms with Crippen LogP contribution in [0.4, 0.5) is 13.2 Å². The molecule has 0 aliphatic carbocycles. The Morgan fingerprint density at radius 1 is 1.32 bits per heavy atom. The lowest BCUT2D eigenvalue weighted by Gasteiger charge is -2.34. The van der Waals surface area contributed by atoms with Gasteiger partial charge in [-0.2, -0.15) is 13.2 Å². The molecule has 0 unspecified atom stereocenters. The quantitative estimate of drug-likeness (QED) is 0.771. The topological polar surface area (TPSA) is 54.3 Å². The molecule has 1 aliphatic rings. The van der Waals surface area contributed by atoms with Crippen LogP contribution >= 0.6 is 0 Å². The number of carbonyl (C=O) groups is 1. The highest BCUT2D eigenvalue weighted by molar-refractivity contribution is 5.92. The number of hydrogen-bond donors (Lipinski definition) is 0. The zero-order chi connectivity index (χ0) is 14.0. The summed E-state index contributed by atoms with van der Waals surface area (Å²) in [7, 11) is 1.64. The van der Waals surface area contributed by atoms with Gasteiger partial charge < -0.3 is 4.90 Å². The van der Waals surface area contributed by atoms with Gasteiger partial charge in [0.05, 0.1) is 12.7 Å². The van der Waals surface area contributed by atoms with Gasteiger partial charge in [0, 0.05) is 33.2 Å². The minimum Gasteiger partial charge on any atom is -0.335 e. The molecule has 9 heteroatoms. The van der Waals surface area contributed by atoms with E-state index < -0.39 is 12.7 Å². The van der Waals surface area contributed by atoms with Crippen LogP contribution in [-0.2, 0) is 7.05 Å². The molecule has 0 bridgehead atoms. The lowest BCUT2D eigenvalue weighted by molar-refractivity contribution is -0.148. The lowest BCUT2D eigenvalue weighted by Crippen LogP contribution is -2.51. The number of halogens is 3. The van der Waals surface area contributed by atoms with Crippen molar-refractivity contribution in [3.8, 4) is 0 Å². The van der Waals surface area contributed by atoms with Gasteiger partial charge in [0.15, 0.2) is 5.69 Å². The standard InChI is InChI=1S/C10H14F3N5O/c1-16-6-8(14-15-16)9(19)18-4-2-17(3-5-18)7-10(11,12)13/h6H,2-5,7H2,1H3. The molecule has 0 N–H and O–H groups in total. The predicted molar refractivity (Wildman–Crippen MR) is 59.4 cm³/mol. The van der Waals surface area contributed by atoms with Gasteiger partial charge in [-0.25, -0.2) is 0 Å². The molecule has 2 heterocycles. The van der Waals surface area contributed by atoms with Crippen LogP contribution in [0.2, 0.25) is 0 Å². The van der Waals surface area contributed by atoms with E-state index in [0.29, 0.717) is 0 Å². The van der Waals surface area contributed by atoms with Crippen LogP contribution < -0.4 is 0 Å². The van der Waals surface area contributed by atoms with Gasteiger partial charge >= 0.3 is 6.18 Å². The predicted octanol–water partition coefficient (Wildman–Crippen LogP) is 0.135. The number of aryl methyl sites for hydroxylation is 1. The number of rotatable bonds is 2. The minimum absolute atomic E-state index is 0.214. The molecule has 1 saturated heterocycles. The third-order valence-electron chi connectivity index (χ3n) is 2.88. The first-order valence-electron chi connectivity index (χ1n) is 5.80. The molecule has 19 heavy (non-hydrogen) atoms. The Kier molecular flexibility index (Phi) is 3.74. The van der Waals surface area contributed by atoms with Crippen molar-refractivity contribution < 1.29 is 18.0 Å². The fourth-order valence-electron chi connectivity index (χ4n) is 1.97. The van der Waals surface area contributed by atoms with E-state index in [0.717, 1.165) is 0 Å². The van der Waals surface area contributed by atoms with Gasteiger partial charge in [-0.3, -0.25) is 14.4 Å². The van der Waals surface area contributed by atoms with Crippen LogP contribution in [0.5, 0.6) is 0 Å². The summed E-state index contributed by atoms with van der Waals surface area (Å²) in [6.07, 6.45) is -2.71. The van der Waals surface area contributed by atoms with Gasteiger partial charge in [-0.05, 0) is 0 Å². The van der Waals surface area contributed by atoms with Crippen molar-refractivity contribution in [1.82, 2.24) is 24.8 Å². The molecule has 1 aliphatic heterocycles. The van der Waals surface area contributed by atoms with Gasteiger partial charge in [-0.15, -0.1) is 5.10 Å². The maximum Gasteiger partial charge on any atom is 0.401 e. The Balaban J connectivity index is 1.88. The first-order valence-corrected chi connectivity index (χ1v) is 5.80. The third-order valence-corrected chi connectivity index (χ3v) is 2.88. The molecular weight excluding hydrogens is 263 g/mol. The van der Waals surface area contributed by atoms with E-state index in [2.05, 4.69) is 10.3 Å². The van der Waals surface area contributed by atoms with Crippen molar-refractivity contribution in [2.24, 2.45) is 7.05 Å². The van der Waals surface area contributed by atoms with Crippen molar-refractivity contribution >= 4 is 5.91 Å². The average molecular weight is 277 g/mol. The maximum absolute atomic E-state index is 12.2. The van der Waals surface area contributed by atoms with Crippen LogP contribution in [-0.4, -0.2) is 69.6 Å². The zero-order valence-corrected chi connectivity index (χ0v) is 10.4. The number of alkyl halides is 3. The Morgan fingerprint density at radius 2 is 1.95 bits per heavy atom. The molecule has 1 amide bonds. The summed E-state index contributed by atoms with van der Waals surface area (Å²) in [6, 6.07) is 0. The van der Waals surface area contributed by atoms with Gasteiger partial charge in [0.25, 0.3) is 5.91 Å². The second kappa shape index (κ2) is 5.16. The number of aromatic nitrogens is 3. The van der Waals surface area contributed by atoms with Crippen molar-refractivity contribution in [2.75, 3.05) is 32.7 Å². The summed E-state index contributed by atoms with van der Waals surface area (Å²) in [5.41, 5.74) is 0.215. The highest BCUT2D eigenvalue weighted by Gasteiger charge is 2.33. The average Bonchev–Trinajstić information content (AvgIpc) is 2.74. The number of nitrogens with zero attached hydrogens (tertiary/aromatic N) is 5. The zero-order valence-electron chi connectivity index (χ0n) is 10.4. The molecular formula is C10H14F3N5O. The molecule has 1 aromatic rings. The number of amides is 1. The maximum atomic E-state index is 12.2. The van der Waals surface area contributed by atoms with E-state index in [9.17, 15) is 18.0 Å². The molecule has 0 saturated carbocycles. The fourth-order valence-corrected chi connectivity index (χ4v) is 1.97. The lowest BCUT2D eigenvalue weighted by atomic mass is 10.3. The molecule has 2 rings (SSSR count). The molecule has 6 nitrogen and oxygen atoms in total.